The van der Waals surface area contributed by atoms with Crippen molar-refractivity contribution in [1.82, 2.24) is 24.5 Å². The van der Waals surface area contributed by atoms with Crippen LogP contribution in [0.1, 0.15) is 32.4 Å². The standard InChI is InChI=1S/C11H18N6S/c1-4-16-6-9(5-13-16)7-18-11-15-14-10(12)17(11)8(2)3/h5-6,8H,4,7H2,1-3H3,(H2,12,14). The lowest BCUT2D eigenvalue weighted by molar-refractivity contribution is 0.557. The van der Waals surface area contributed by atoms with Gasteiger partial charge in [0, 0.05) is 30.1 Å². The van der Waals surface area contributed by atoms with Crippen molar-refractivity contribution in [2.24, 2.45) is 0 Å². The van der Waals surface area contributed by atoms with Gasteiger partial charge in [-0.05, 0) is 20.8 Å². The molecule has 0 saturated heterocycles. The quantitative estimate of drug-likeness (QED) is 0.837. The maximum absolute atomic E-state index is 5.80. The number of nitrogen functional groups attached to an aromatic ring is 1. The minimum atomic E-state index is 0.265. The SMILES string of the molecule is CCn1cc(CSc2nnc(N)n2C(C)C)cn1. The Hall–Kier alpha value is -1.50. The van der Waals surface area contributed by atoms with Crippen molar-refractivity contribution in [1.29, 1.82) is 0 Å². The van der Waals surface area contributed by atoms with Gasteiger partial charge >= 0.3 is 0 Å². The number of nitrogens with zero attached hydrogens (tertiary/aromatic N) is 5. The number of aromatic nitrogens is 5. The minimum absolute atomic E-state index is 0.265. The van der Waals surface area contributed by atoms with Crippen LogP contribution in [0.5, 0.6) is 0 Å². The molecule has 0 aliphatic rings. The van der Waals surface area contributed by atoms with Gasteiger partial charge in [0.05, 0.1) is 6.20 Å². The molecular formula is C11H18N6S. The van der Waals surface area contributed by atoms with Crippen LogP contribution in [0.2, 0.25) is 0 Å². The van der Waals surface area contributed by atoms with Crippen LogP contribution in [0, 0.1) is 0 Å². The molecule has 0 aliphatic heterocycles. The van der Waals surface area contributed by atoms with Crippen LogP contribution in [0.15, 0.2) is 17.6 Å². The van der Waals surface area contributed by atoms with E-state index in [1.165, 1.54) is 5.56 Å². The second kappa shape index (κ2) is 5.43. The Morgan fingerprint density at radius 2 is 2.17 bits per heavy atom. The fourth-order valence-electron chi connectivity index (χ4n) is 1.67. The van der Waals surface area contributed by atoms with Gasteiger partial charge in [-0.2, -0.15) is 5.10 Å². The van der Waals surface area contributed by atoms with Gasteiger partial charge in [-0.25, -0.2) is 0 Å². The van der Waals surface area contributed by atoms with Gasteiger partial charge in [-0.3, -0.25) is 9.25 Å². The molecule has 2 aromatic rings. The zero-order chi connectivity index (χ0) is 13.1. The van der Waals surface area contributed by atoms with E-state index in [1.54, 1.807) is 11.8 Å². The van der Waals surface area contributed by atoms with Crippen molar-refractivity contribution in [2.75, 3.05) is 5.73 Å². The minimum Gasteiger partial charge on any atom is -0.368 e. The summed E-state index contributed by atoms with van der Waals surface area (Å²) in [5.41, 5.74) is 6.98. The van der Waals surface area contributed by atoms with Crippen LogP contribution < -0.4 is 5.73 Å². The number of anilines is 1. The Bertz CT molecular complexity index is 515. The lowest BCUT2D eigenvalue weighted by Crippen LogP contribution is -2.06. The second-order valence-electron chi connectivity index (χ2n) is 4.30. The van der Waals surface area contributed by atoms with E-state index in [9.17, 15) is 0 Å². The highest BCUT2D eigenvalue weighted by Gasteiger charge is 2.13. The zero-order valence-corrected chi connectivity index (χ0v) is 11.7. The summed E-state index contributed by atoms with van der Waals surface area (Å²) >= 11 is 1.63. The average molecular weight is 266 g/mol. The van der Waals surface area contributed by atoms with E-state index in [1.807, 2.05) is 21.6 Å². The van der Waals surface area contributed by atoms with Gasteiger partial charge in [0.25, 0.3) is 0 Å². The van der Waals surface area contributed by atoms with Crippen molar-refractivity contribution in [3.05, 3.63) is 18.0 Å². The van der Waals surface area contributed by atoms with E-state index in [-0.39, 0.29) is 6.04 Å². The van der Waals surface area contributed by atoms with Crippen LogP contribution in [-0.2, 0) is 12.3 Å². The number of rotatable bonds is 5. The highest BCUT2D eigenvalue weighted by molar-refractivity contribution is 7.98. The van der Waals surface area contributed by atoms with Gasteiger partial charge in [0.1, 0.15) is 0 Å². The molecule has 2 aromatic heterocycles. The Labute approximate surface area is 111 Å². The number of hydrogen-bond acceptors (Lipinski definition) is 5. The molecule has 18 heavy (non-hydrogen) atoms. The van der Waals surface area contributed by atoms with E-state index in [0.717, 1.165) is 17.5 Å². The Morgan fingerprint density at radius 3 is 2.78 bits per heavy atom. The van der Waals surface area contributed by atoms with Crippen LogP contribution in [-0.4, -0.2) is 24.5 Å². The molecule has 0 aliphatic carbocycles. The molecule has 2 rings (SSSR count). The maximum Gasteiger partial charge on any atom is 0.222 e. The van der Waals surface area contributed by atoms with E-state index in [4.69, 9.17) is 5.73 Å². The highest BCUT2D eigenvalue weighted by Crippen LogP contribution is 2.25. The van der Waals surface area contributed by atoms with Gasteiger partial charge in [-0.1, -0.05) is 11.8 Å². The number of hydrogen-bond donors (Lipinski definition) is 1. The molecule has 0 atom stereocenters. The summed E-state index contributed by atoms with van der Waals surface area (Å²) in [6.07, 6.45) is 3.93. The van der Waals surface area contributed by atoms with Gasteiger partial charge in [0.15, 0.2) is 5.16 Å². The Morgan fingerprint density at radius 1 is 1.39 bits per heavy atom. The van der Waals surface area contributed by atoms with Crippen LogP contribution in [0.4, 0.5) is 5.95 Å². The first-order valence-corrected chi connectivity index (χ1v) is 6.95. The largest absolute Gasteiger partial charge is 0.368 e. The normalized spacial score (nSPS) is 11.3. The monoisotopic (exact) mass is 266 g/mol. The second-order valence-corrected chi connectivity index (χ2v) is 5.24. The zero-order valence-electron chi connectivity index (χ0n) is 10.9. The first-order chi connectivity index (χ1) is 8.61. The summed E-state index contributed by atoms with van der Waals surface area (Å²) < 4.78 is 3.85. The molecule has 0 bridgehead atoms. The topological polar surface area (TPSA) is 74.6 Å². The van der Waals surface area contributed by atoms with Crippen molar-refractivity contribution in [3.63, 3.8) is 0 Å². The molecule has 0 spiro atoms. The summed E-state index contributed by atoms with van der Waals surface area (Å²) in [6.45, 7) is 7.09. The van der Waals surface area contributed by atoms with Crippen molar-refractivity contribution >= 4 is 17.7 Å². The van der Waals surface area contributed by atoms with Gasteiger partial charge < -0.3 is 5.73 Å². The fraction of sp³-hybridized carbons (Fsp3) is 0.545. The summed E-state index contributed by atoms with van der Waals surface area (Å²) in [4.78, 5) is 0. The highest BCUT2D eigenvalue weighted by atomic mass is 32.2. The van der Waals surface area contributed by atoms with Crippen LogP contribution >= 0.6 is 11.8 Å². The van der Waals surface area contributed by atoms with E-state index < -0.39 is 0 Å². The predicted octanol–water partition coefficient (Wildman–Crippen LogP) is 1.95. The van der Waals surface area contributed by atoms with E-state index in [2.05, 4.69) is 36.1 Å². The summed E-state index contributed by atoms with van der Waals surface area (Å²) in [6, 6.07) is 0.265. The van der Waals surface area contributed by atoms with Gasteiger partial charge in [-0.15, -0.1) is 10.2 Å². The predicted molar refractivity (Wildman–Crippen MR) is 72.3 cm³/mol. The number of aryl methyl sites for hydroxylation is 1. The molecule has 0 unspecified atom stereocenters. The third kappa shape index (κ3) is 2.66. The smallest absolute Gasteiger partial charge is 0.222 e. The van der Waals surface area contributed by atoms with Crippen LogP contribution in [0.3, 0.4) is 0 Å². The molecule has 98 valence electrons. The lowest BCUT2D eigenvalue weighted by atomic mass is 10.4. The first kappa shape index (κ1) is 12.9. The third-order valence-corrected chi connectivity index (χ3v) is 3.60. The lowest BCUT2D eigenvalue weighted by Gasteiger charge is -2.10. The van der Waals surface area contributed by atoms with Crippen LogP contribution in [0.25, 0.3) is 0 Å². The van der Waals surface area contributed by atoms with E-state index >= 15 is 0 Å². The number of thioether (sulfide) groups is 1. The maximum atomic E-state index is 5.80. The molecule has 0 fully saturated rings. The summed E-state index contributed by atoms with van der Waals surface area (Å²) in [5.74, 6) is 1.29. The van der Waals surface area contributed by atoms with Crippen molar-refractivity contribution in [3.8, 4) is 0 Å². The molecular weight excluding hydrogens is 248 g/mol. The summed E-state index contributed by atoms with van der Waals surface area (Å²) in [5, 5.41) is 13.1. The van der Waals surface area contributed by atoms with Gasteiger partial charge in [0.2, 0.25) is 5.95 Å². The molecule has 2 heterocycles. The average Bonchev–Trinajstić information content (AvgIpc) is 2.92. The molecule has 0 aromatic carbocycles. The molecule has 6 nitrogen and oxygen atoms in total. The Kier molecular flexibility index (Phi) is 3.90. The first-order valence-electron chi connectivity index (χ1n) is 5.96. The Balaban J connectivity index is 2.06. The summed E-state index contributed by atoms with van der Waals surface area (Å²) in [7, 11) is 0. The van der Waals surface area contributed by atoms with Crippen molar-refractivity contribution < 1.29 is 0 Å². The molecule has 2 N–H and O–H groups in total. The molecule has 0 amide bonds. The molecule has 0 saturated carbocycles. The fourth-order valence-corrected chi connectivity index (χ4v) is 2.66. The van der Waals surface area contributed by atoms with Crippen molar-refractivity contribution in [2.45, 2.75) is 44.3 Å². The van der Waals surface area contributed by atoms with E-state index in [0.29, 0.717) is 5.95 Å². The number of nitrogens with two attached hydrogens (primary N) is 1. The molecule has 0 radical (unpaired) electrons. The molecule has 7 heteroatoms. The third-order valence-electron chi connectivity index (χ3n) is 2.59.